The summed E-state index contributed by atoms with van der Waals surface area (Å²) in [4.78, 5) is 0. The van der Waals surface area contributed by atoms with Crippen LogP contribution in [0.25, 0.3) is 0 Å². The van der Waals surface area contributed by atoms with E-state index in [0.717, 1.165) is 11.3 Å². The van der Waals surface area contributed by atoms with Gasteiger partial charge >= 0.3 is 0 Å². The number of aliphatic hydroxyl groups excluding tert-OH is 1. The van der Waals surface area contributed by atoms with Gasteiger partial charge in [0, 0.05) is 0 Å². The maximum atomic E-state index is 10.5. The smallest absolute Gasteiger partial charge is 0.200 e. The maximum Gasteiger partial charge on any atom is 0.200 e. The molecule has 0 saturated carbocycles. The summed E-state index contributed by atoms with van der Waals surface area (Å²) in [5.74, 6) is 0.807. The minimum atomic E-state index is -2.02. The predicted octanol–water partition coefficient (Wildman–Crippen LogP) is 5.05. The summed E-state index contributed by atoms with van der Waals surface area (Å²) in [6, 6.07) is 7.73. The molecule has 0 saturated heterocycles. The van der Waals surface area contributed by atoms with Gasteiger partial charge in [0.2, 0.25) is 8.32 Å². The van der Waals surface area contributed by atoms with Gasteiger partial charge < -0.3 is 23.7 Å². The van der Waals surface area contributed by atoms with E-state index in [4.69, 9.17) is 18.6 Å². The highest BCUT2D eigenvalue weighted by Crippen LogP contribution is 2.42. The number of hydrogen-bond acceptors (Lipinski definition) is 5. The molecule has 1 aromatic carbocycles. The average molecular weight is 423 g/mol. The zero-order chi connectivity index (χ0) is 21.6. The second kappa shape index (κ2) is 10.6. The minimum absolute atomic E-state index is 0.337. The van der Waals surface area contributed by atoms with Gasteiger partial charge in [-0.2, -0.15) is 0 Å². The molecule has 0 unspecified atom stereocenters. The van der Waals surface area contributed by atoms with Gasteiger partial charge in [0.25, 0.3) is 0 Å². The number of rotatable bonds is 10. The summed E-state index contributed by atoms with van der Waals surface area (Å²) in [7, 11) is -0.370. The lowest BCUT2D eigenvalue weighted by atomic mass is 10.1. The maximum absolute atomic E-state index is 10.5. The monoisotopic (exact) mass is 422 g/mol. The largest absolute Gasteiger partial charge is 0.497 e. The van der Waals surface area contributed by atoms with Crippen LogP contribution in [0.1, 0.15) is 47.1 Å². The highest BCUT2D eigenvalue weighted by Gasteiger charge is 2.46. The van der Waals surface area contributed by atoms with Crippen molar-refractivity contribution in [2.24, 2.45) is 0 Å². The molecule has 1 aliphatic rings. The fourth-order valence-corrected chi connectivity index (χ4v) is 10.1. The number of ether oxygens (including phenoxy) is 3. The molecule has 0 fully saturated rings. The van der Waals surface area contributed by atoms with E-state index in [1.165, 1.54) is 0 Å². The van der Waals surface area contributed by atoms with E-state index >= 15 is 0 Å². The summed E-state index contributed by atoms with van der Waals surface area (Å²) in [6.07, 6.45) is 1.67. The van der Waals surface area contributed by atoms with Crippen LogP contribution in [0.15, 0.2) is 36.6 Å². The van der Waals surface area contributed by atoms with E-state index in [-0.39, 0.29) is 6.10 Å². The number of aliphatic hydroxyl groups is 1. The van der Waals surface area contributed by atoms with Crippen LogP contribution < -0.4 is 4.74 Å². The third-order valence-electron chi connectivity index (χ3n) is 6.04. The van der Waals surface area contributed by atoms with E-state index in [0.29, 0.717) is 29.8 Å². The standard InChI is InChI=1S/C23H38O5Si/c1-16(2)29(17(3)4,18(5)6)28-15-22-23(21(24)12-13-26-22)27-14-19-8-10-20(25-7)11-9-19/h8-13,16-18,21-24H,14-15H2,1-7H3/t21-,22-,23+/m1/s1. The molecule has 5 nitrogen and oxygen atoms in total. The Morgan fingerprint density at radius 2 is 1.59 bits per heavy atom. The number of methoxy groups -OCH3 is 1. The Bertz CT molecular complexity index is 619. The van der Waals surface area contributed by atoms with Crippen molar-refractivity contribution in [2.75, 3.05) is 13.7 Å². The molecule has 1 aromatic rings. The Labute approximate surface area is 177 Å². The van der Waals surface area contributed by atoms with Crippen LogP contribution in [-0.4, -0.2) is 45.5 Å². The molecule has 1 aliphatic heterocycles. The van der Waals surface area contributed by atoms with Crippen molar-refractivity contribution in [3.63, 3.8) is 0 Å². The van der Waals surface area contributed by atoms with Gasteiger partial charge in [-0.1, -0.05) is 53.7 Å². The quantitative estimate of drug-likeness (QED) is 0.535. The lowest BCUT2D eigenvalue weighted by Crippen LogP contribution is -2.52. The Morgan fingerprint density at radius 1 is 1.00 bits per heavy atom. The molecule has 3 atom stereocenters. The topological polar surface area (TPSA) is 57.2 Å². The fraction of sp³-hybridized carbons (Fsp3) is 0.652. The zero-order valence-corrected chi connectivity index (χ0v) is 19.9. The third-order valence-corrected chi connectivity index (χ3v) is 12.1. The van der Waals surface area contributed by atoms with Crippen molar-refractivity contribution in [1.29, 1.82) is 0 Å². The Balaban J connectivity index is 2.07. The van der Waals surface area contributed by atoms with Crippen LogP contribution in [0.3, 0.4) is 0 Å². The molecule has 0 spiro atoms. The van der Waals surface area contributed by atoms with Crippen LogP contribution in [-0.2, 0) is 20.5 Å². The average Bonchev–Trinajstić information content (AvgIpc) is 2.67. The van der Waals surface area contributed by atoms with Crippen LogP contribution in [0, 0.1) is 0 Å². The molecule has 164 valence electrons. The molecule has 6 heteroatoms. The van der Waals surface area contributed by atoms with Gasteiger partial charge in [-0.15, -0.1) is 0 Å². The summed E-state index contributed by atoms with van der Waals surface area (Å²) >= 11 is 0. The first-order chi connectivity index (χ1) is 13.7. The Hall–Kier alpha value is -1.34. The van der Waals surface area contributed by atoms with Gasteiger partial charge in [0.1, 0.15) is 24.1 Å². The zero-order valence-electron chi connectivity index (χ0n) is 18.9. The highest BCUT2D eigenvalue weighted by atomic mass is 28.4. The molecule has 1 N–H and O–H groups in total. The number of hydrogen-bond donors (Lipinski definition) is 1. The van der Waals surface area contributed by atoms with Gasteiger partial charge in [-0.25, -0.2) is 0 Å². The van der Waals surface area contributed by atoms with Crippen molar-refractivity contribution in [1.82, 2.24) is 0 Å². The Morgan fingerprint density at radius 3 is 2.10 bits per heavy atom. The Kier molecular flexibility index (Phi) is 8.76. The molecule has 2 rings (SSSR count). The van der Waals surface area contributed by atoms with E-state index in [9.17, 15) is 5.11 Å². The van der Waals surface area contributed by atoms with E-state index < -0.39 is 20.5 Å². The first-order valence-electron chi connectivity index (χ1n) is 10.6. The second-order valence-corrected chi connectivity index (χ2v) is 14.2. The SMILES string of the molecule is COc1ccc(CO[C@H]2[C@H](O)C=CO[C@@H]2CO[Si](C(C)C)(C(C)C)C(C)C)cc1. The van der Waals surface area contributed by atoms with Crippen molar-refractivity contribution in [2.45, 2.75) is 83.1 Å². The first-order valence-corrected chi connectivity index (χ1v) is 12.7. The minimum Gasteiger partial charge on any atom is -0.497 e. The molecule has 29 heavy (non-hydrogen) atoms. The lowest BCUT2D eigenvalue weighted by molar-refractivity contribution is -0.119. The van der Waals surface area contributed by atoms with Crippen molar-refractivity contribution >= 4 is 8.32 Å². The first kappa shape index (κ1) is 23.9. The third kappa shape index (κ3) is 5.63. The summed E-state index contributed by atoms with van der Waals surface area (Å²) in [5, 5.41) is 10.5. The molecule has 0 amide bonds. The molecular formula is C23H38O5Si. The highest BCUT2D eigenvalue weighted by molar-refractivity contribution is 6.77. The van der Waals surface area contributed by atoms with Crippen LogP contribution >= 0.6 is 0 Å². The number of benzene rings is 1. The molecule has 0 bridgehead atoms. The lowest BCUT2D eigenvalue weighted by Gasteiger charge is -2.43. The molecule has 0 radical (unpaired) electrons. The van der Waals surface area contributed by atoms with Crippen molar-refractivity contribution in [3.8, 4) is 5.75 Å². The molecule has 0 aromatic heterocycles. The molecular weight excluding hydrogens is 384 g/mol. The van der Waals surface area contributed by atoms with Gasteiger partial charge in [-0.3, -0.25) is 0 Å². The normalized spacial score (nSPS) is 22.4. The van der Waals surface area contributed by atoms with Gasteiger partial charge in [0.15, 0.2) is 0 Å². The van der Waals surface area contributed by atoms with E-state index in [1.807, 2.05) is 24.3 Å². The summed E-state index contributed by atoms with van der Waals surface area (Å²) in [5.41, 5.74) is 2.49. The van der Waals surface area contributed by atoms with Gasteiger partial charge in [0.05, 0.1) is 26.6 Å². The summed E-state index contributed by atoms with van der Waals surface area (Å²) < 4.78 is 23.8. The summed E-state index contributed by atoms with van der Waals surface area (Å²) in [6.45, 7) is 14.4. The van der Waals surface area contributed by atoms with Crippen LogP contribution in [0.4, 0.5) is 0 Å². The van der Waals surface area contributed by atoms with E-state index in [2.05, 4.69) is 41.5 Å². The van der Waals surface area contributed by atoms with E-state index in [1.54, 1.807) is 19.4 Å². The molecule has 1 heterocycles. The van der Waals surface area contributed by atoms with Crippen molar-refractivity contribution < 1.29 is 23.7 Å². The van der Waals surface area contributed by atoms with Crippen molar-refractivity contribution in [3.05, 3.63) is 42.2 Å². The van der Waals surface area contributed by atoms with Gasteiger partial charge in [-0.05, 0) is 40.4 Å². The predicted molar refractivity (Wildman–Crippen MR) is 119 cm³/mol. The fourth-order valence-electron chi connectivity index (χ4n) is 4.61. The second-order valence-electron chi connectivity index (χ2n) is 8.75. The van der Waals surface area contributed by atoms with Crippen LogP contribution in [0.2, 0.25) is 16.6 Å². The van der Waals surface area contributed by atoms with Crippen LogP contribution in [0.5, 0.6) is 5.75 Å². The molecule has 0 aliphatic carbocycles.